The first-order valence-electron chi connectivity index (χ1n) is 6.39. The van der Waals surface area contributed by atoms with E-state index in [1.54, 1.807) is 6.07 Å². The monoisotopic (exact) mass is 232 g/mol. The van der Waals surface area contributed by atoms with E-state index in [9.17, 15) is 4.79 Å². The third-order valence-corrected chi connectivity index (χ3v) is 3.49. The van der Waals surface area contributed by atoms with Crippen molar-refractivity contribution in [3.63, 3.8) is 0 Å². The standard InChI is InChI=1S/C14H20N2O/c1-2-13-8-3-4-9-16(13)14(17)11-6-5-7-12(15)10-11/h5-7,10,13H,2-4,8-9,15H2,1H3. The van der Waals surface area contributed by atoms with Gasteiger partial charge in [0.15, 0.2) is 0 Å². The zero-order valence-corrected chi connectivity index (χ0v) is 10.4. The van der Waals surface area contributed by atoms with E-state index < -0.39 is 0 Å². The molecule has 0 bridgehead atoms. The van der Waals surface area contributed by atoms with Gasteiger partial charge in [0.2, 0.25) is 0 Å². The van der Waals surface area contributed by atoms with Crippen LogP contribution >= 0.6 is 0 Å². The molecule has 17 heavy (non-hydrogen) atoms. The fourth-order valence-corrected chi connectivity index (χ4v) is 2.53. The van der Waals surface area contributed by atoms with Crippen LogP contribution in [0.2, 0.25) is 0 Å². The molecule has 1 unspecified atom stereocenters. The minimum absolute atomic E-state index is 0.129. The molecule has 0 saturated carbocycles. The highest BCUT2D eigenvalue weighted by molar-refractivity contribution is 5.95. The average Bonchev–Trinajstić information content (AvgIpc) is 2.38. The first-order valence-corrected chi connectivity index (χ1v) is 6.39. The SMILES string of the molecule is CCC1CCCCN1C(=O)c1cccc(N)c1. The number of hydrogen-bond acceptors (Lipinski definition) is 2. The summed E-state index contributed by atoms with van der Waals surface area (Å²) in [5.74, 6) is 0.129. The van der Waals surface area contributed by atoms with E-state index in [0.717, 1.165) is 25.8 Å². The van der Waals surface area contributed by atoms with Gasteiger partial charge >= 0.3 is 0 Å². The number of hydrogen-bond donors (Lipinski definition) is 1. The number of benzene rings is 1. The molecular formula is C14H20N2O. The first kappa shape index (κ1) is 12.0. The summed E-state index contributed by atoms with van der Waals surface area (Å²) in [7, 11) is 0. The van der Waals surface area contributed by atoms with E-state index >= 15 is 0 Å². The van der Waals surface area contributed by atoms with Crippen LogP contribution in [0.15, 0.2) is 24.3 Å². The fraction of sp³-hybridized carbons (Fsp3) is 0.500. The summed E-state index contributed by atoms with van der Waals surface area (Å²) in [4.78, 5) is 14.4. The van der Waals surface area contributed by atoms with Gasteiger partial charge in [0.1, 0.15) is 0 Å². The Bertz CT molecular complexity index is 403. The summed E-state index contributed by atoms with van der Waals surface area (Å²) in [6.45, 7) is 3.03. The lowest BCUT2D eigenvalue weighted by atomic mass is 9.99. The number of piperidine rings is 1. The highest BCUT2D eigenvalue weighted by Crippen LogP contribution is 2.22. The van der Waals surface area contributed by atoms with Crippen LogP contribution in [0.5, 0.6) is 0 Å². The van der Waals surface area contributed by atoms with Gasteiger partial charge < -0.3 is 10.6 Å². The number of nitrogens with two attached hydrogens (primary N) is 1. The summed E-state index contributed by atoms with van der Waals surface area (Å²) in [5, 5.41) is 0. The van der Waals surface area contributed by atoms with E-state index in [1.807, 2.05) is 23.1 Å². The largest absolute Gasteiger partial charge is 0.399 e. The number of carbonyl (C=O) groups excluding carboxylic acids is 1. The molecule has 2 rings (SSSR count). The Morgan fingerprint density at radius 3 is 3.00 bits per heavy atom. The molecule has 0 radical (unpaired) electrons. The summed E-state index contributed by atoms with van der Waals surface area (Å²) >= 11 is 0. The lowest BCUT2D eigenvalue weighted by molar-refractivity contribution is 0.0608. The van der Waals surface area contributed by atoms with Crippen molar-refractivity contribution in [3.8, 4) is 0 Å². The molecule has 92 valence electrons. The quantitative estimate of drug-likeness (QED) is 0.797. The van der Waals surface area contributed by atoms with Crippen LogP contribution < -0.4 is 5.73 Å². The topological polar surface area (TPSA) is 46.3 Å². The summed E-state index contributed by atoms with van der Waals surface area (Å²) in [6.07, 6.45) is 4.52. The minimum atomic E-state index is 0.129. The Morgan fingerprint density at radius 2 is 2.29 bits per heavy atom. The number of anilines is 1. The highest BCUT2D eigenvalue weighted by atomic mass is 16.2. The van der Waals surface area contributed by atoms with Gasteiger partial charge in [-0.25, -0.2) is 0 Å². The molecule has 1 atom stereocenters. The molecule has 0 aromatic heterocycles. The number of nitrogens with zero attached hydrogens (tertiary/aromatic N) is 1. The van der Waals surface area contributed by atoms with Crippen molar-refractivity contribution < 1.29 is 4.79 Å². The van der Waals surface area contributed by atoms with E-state index in [2.05, 4.69) is 6.92 Å². The van der Waals surface area contributed by atoms with Crippen LogP contribution in [0.4, 0.5) is 5.69 Å². The molecule has 1 heterocycles. The van der Waals surface area contributed by atoms with Crippen LogP contribution in [0.3, 0.4) is 0 Å². The van der Waals surface area contributed by atoms with Gasteiger partial charge in [-0.05, 0) is 43.9 Å². The molecule has 0 aliphatic carbocycles. The molecule has 2 N–H and O–H groups in total. The molecule has 3 nitrogen and oxygen atoms in total. The molecule has 1 aromatic rings. The van der Waals surface area contributed by atoms with Crippen LogP contribution in [0.1, 0.15) is 43.0 Å². The molecule has 1 aliphatic heterocycles. The van der Waals surface area contributed by atoms with Crippen LogP contribution in [0, 0.1) is 0 Å². The normalized spacial score (nSPS) is 20.3. The zero-order valence-electron chi connectivity index (χ0n) is 10.4. The van der Waals surface area contributed by atoms with E-state index in [-0.39, 0.29) is 5.91 Å². The maximum absolute atomic E-state index is 12.4. The predicted molar refractivity (Wildman–Crippen MR) is 69.8 cm³/mol. The highest BCUT2D eigenvalue weighted by Gasteiger charge is 2.25. The van der Waals surface area contributed by atoms with Gasteiger partial charge in [-0.3, -0.25) is 4.79 Å². The Kier molecular flexibility index (Phi) is 3.67. The summed E-state index contributed by atoms with van der Waals surface area (Å²) < 4.78 is 0. The average molecular weight is 232 g/mol. The molecule has 1 aliphatic rings. The molecular weight excluding hydrogens is 212 g/mol. The second-order valence-electron chi connectivity index (χ2n) is 4.68. The van der Waals surface area contributed by atoms with Gasteiger partial charge in [-0.15, -0.1) is 0 Å². The predicted octanol–water partition coefficient (Wildman–Crippen LogP) is 2.67. The number of amides is 1. The van der Waals surface area contributed by atoms with E-state index in [1.165, 1.54) is 6.42 Å². The van der Waals surface area contributed by atoms with Gasteiger partial charge in [0, 0.05) is 23.8 Å². The lowest BCUT2D eigenvalue weighted by Gasteiger charge is -2.35. The fourth-order valence-electron chi connectivity index (χ4n) is 2.53. The smallest absolute Gasteiger partial charge is 0.254 e. The molecule has 1 saturated heterocycles. The van der Waals surface area contributed by atoms with E-state index in [4.69, 9.17) is 5.73 Å². The number of nitrogen functional groups attached to an aromatic ring is 1. The Hall–Kier alpha value is -1.51. The summed E-state index contributed by atoms with van der Waals surface area (Å²) in [6, 6.07) is 7.67. The van der Waals surface area contributed by atoms with E-state index in [0.29, 0.717) is 17.3 Å². The number of likely N-dealkylation sites (tertiary alicyclic amines) is 1. The van der Waals surface area contributed by atoms with Crippen molar-refractivity contribution in [2.24, 2.45) is 0 Å². The van der Waals surface area contributed by atoms with Crippen LogP contribution in [-0.2, 0) is 0 Å². The maximum Gasteiger partial charge on any atom is 0.254 e. The van der Waals surface area contributed by atoms with Crippen molar-refractivity contribution >= 4 is 11.6 Å². The van der Waals surface area contributed by atoms with Crippen molar-refractivity contribution in [2.45, 2.75) is 38.6 Å². The third kappa shape index (κ3) is 2.60. The first-order chi connectivity index (χ1) is 8.22. The zero-order chi connectivity index (χ0) is 12.3. The summed E-state index contributed by atoms with van der Waals surface area (Å²) in [5.41, 5.74) is 7.09. The molecule has 1 fully saturated rings. The molecule has 1 aromatic carbocycles. The lowest BCUT2D eigenvalue weighted by Crippen LogP contribution is -2.43. The third-order valence-electron chi connectivity index (χ3n) is 3.49. The minimum Gasteiger partial charge on any atom is -0.399 e. The van der Waals surface area contributed by atoms with Crippen molar-refractivity contribution in [1.29, 1.82) is 0 Å². The van der Waals surface area contributed by atoms with Crippen molar-refractivity contribution in [1.82, 2.24) is 4.90 Å². The Labute approximate surface area is 103 Å². The Morgan fingerprint density at radius 1 is 1.47 bits per heavy atom. The number of carbonyl (C=O) groups is 1. The van der Waals surface area contributed by atoms with Crippen LogP contribution in [0.25, 0.3) is 0 Å². The van der Waals surface area contributed by atoms with Gasteiger partial charge in [-0.2, -0.15) is 0 Å². The Balaban J connectivity index is 2.18. The van der Waals surface area contributed by atoms with Crippen molar-refractivity contribution in [3.05, 3.63) is 29.8 Å². The van der Waals surface area contributed by atoms with Crippen molar-refractivity contribution in [2.75, 3.05) is 12.3 Å². The second kappa shape index (κ2) is 5.21. The van der Waals surface area contributed by atoms with Gasteiger partial charge in [0.05, 0.1) is 0 Å². The number of rotatable bonds is 2. The van der Waals surface area contributed by atoms with Crippen LogP contribution in [-0.4, -0.2) is 23.4 Å². The maximum atomic E-state index is 12.4. The molecule has 1 amide bonds. The van der Waals surface area contributed by atoms with Gasteiger partial charge in [-0.1, -0.05) is 13.0 Å². The molecule has 0 spiro atoms. The molecule has 3 heteroatoms. The van der Waals surface area contributed by atoms with Gasteiger partial charge in [0.25, 0.3) is 5.91 Å². The second-order valence-corrected chi connectivity index (χ2v) is 4.68.